The zero-order valence-electron chi connectivity index (χ0n) is 12.2. The quantitative estimate of drug-likeness (QED) is 0.424. The van der Waals surface area contributed by atoms with Crippen LogP contribution < -0.4 is 0 Å². The van der Waals surface area contributed by atoms with Crippen molar-refractivity contribution in [3.63, 3.8) is 0 Å². The maximum absolute atomic E-state index is 12.3. The highest BCUT2D eigenvalue weighted by molar-refractivity contribution is 14.1. The Labute approximate surface area is 137 Å². The van der Waals surface area contributed by atoms with Crippen LogP contribution >= 0.6 is 22.6 Å². The standard InChI is InChI=1S/C15H21IO5/c1-8(2)10-3-4-15(20,7-16)12-11(10)5-9(13(17)18)6-21-14(12)19/h5,8,10-12,20H,3-4,6-7H2,1-2H3,(H,17,18)/t10-,11-,12-,15-/m1/s1. The number of hydrogen-bond acceptors (Lipinski definition) is 4. The highest BCUT2D eigenvalue weighted by Crippen LogP contribution is 2.47. The summed E-state index contributed by atoms with van der Waals surface area (Å²) in [6.07, 6.45) is 2.99. The summed E-state index contributed by atoms with van der Waals surface area (Å²) in [7, 11) is 0. The van der Waals surface area contributed by atoms with E-state index in [1.807, 2.05) is 0 Å². The summed E-state index contributed by atoms with van der Waals surface area (Å²) in [5.41, 5.74) is -1.00. The van der Waals surface area contributed by atoms with Crippen molar-refractivity contribution in [2.24, 2.45) is 23.7 Å². The third kappa shape index (κ3) is 3.11. The van der Waals surface area contributed by atoms with Crippen LogP contribution in [0.15, 0.2) is 11.6 Å². The number of rotatable bonds is 3. The zero-order chi connectivity index (χ0) is 15.8. The lowest BCUT2D eigenvalue weighted by molar-refractivity contribution is -0.165. The summed E-state index contributed by atoms with van der Waals surface area (Å²) < 4.78 is 5.55. The van der Waals surface area contributed by atoms with Gasteiger partial charge >= 0.3 is 11.9 Å². The Kier molecular flexibility index (Phi) is 4.97. The monoisotopic (exact) mass is 408 g/mol. The average molecular weight is 408 g/mol. The van der Waals surface area contributed by atoms with Crippen LogP contribution in [-0.2, 0) is 14.3 Å². The van der Waals surface area contributed by atoms with Crippen LogP contribution in [0.2, 0.25) is 0 Å². The van der Waals surface area contributed by atoms with Gasteiger partial charge in [0.2, 0.25) is 0 Å². The molecule has 1 aliphatic carbocycles. The molecule has 6 heteroatoms. The van der Waals surface area contributed by atoms with E-state index < -0.39 is 23.5 Å². The van der Waals surface area contributed by atoms with Gasteiger partial charge in [0, 0.05) is 4.43 Å². The van der Waals surface area contributed by atoms with Crippen LogP contribution in [0.25, 0.3) is 0 Å². The molecule has 0 bridgehead atoms. The maximum Gasteiger partial charge on any atom is 0.334 e. The minimum Gasteiger partial charge on any atom is -0.478 e. The molecule has 0 aromatic carbocycles. The second kappa shape index (κ2) is 6.24. The lowest BCUT2D eigenvalue weighted by Gasteiger charge is -2.46. The number of alkyl halides is 1. The highest BCUT2D eigenvalue weighted by atomic mass is 127. The van der Waals surface area contributed by atoms with Crippen LogP contribution in [-0.4, -0.2) is 38.8 Å². The fourth-order valence-corrected chi connectivity index (χ4v) is 4.40. The Bertz CT molecular complexity index is 473. The largest absolute Gasteiger partial charge is 0.478 e. The molecule has 5 nitrogen and oxygen atoms in total. The lowest BCUT2D eigenvalue weighted by atomic mass is 9.61. The number of aliphatic carboxylic acids is 1. The number of carbonyl (C=O) groups excluding carboxylic acids is 1. The SMILES string of the molecule is CC(C)[C@H]1CC[C@@](O)(CI)[C@H]2C(=O)OCC(C(=O)O)=C[C@H]12. The predicted octanol–water partition coefficient (Wildman–Crippen LogP) is 2.02. The van der Waals surface area contributed by atoms with Gasteiger partial charge in [-0.15, -0.1) is 0 Å². The first-order chi connectivity index (χ1) is 9.80. The van der Waals surface area contributed by atoms with E-state index in [9.17, 15) is 19.8 Å². The molecule has 118 valence electrons. The predicted molar refractivity (Wildman–Crippen MR) is 85.1 cm³/mol. The molecule has 0 radical (unpaired) electrons. The van der Waals surface area contributed by atoms with Crippen LogP contribution in [0.1, 0.15) is 26.7 Å². The van der Waals surface area contributed by atoms with Gasteiger partial charge in [-0.05, 0) is 30.6 Å². The maximum atomic E-state index is 12.3. The van der Waals surface area contributed by atoms with Gasteiger partial charge in [0.05, 0.1) is 17.1 Å². The first-order valence-corrected chi connectivity index (χ1v) is 8.71. The Morgan fingerprint density at radius 2 is 2.24 bits per heavy atom. The molecule has 0 unspecified atom stereocenters. The first kappa shape index (κ1) is 16.7. The van der Waals surface area contributed by atoms with Crippen LogP contribution in [0.3, 0.4) is 0 Å². The van der Waals surface area contributed by atoms with Gasteiger partial charge in [-0.25, -0.2) is 4.79 Å². The van der Waals surface area contributed by atoms with E-state index >= 15 is 0 Å². The number of halogens is 1. The molecule has 0 aromatic rings. The Balaban J connectivity index is 2.48. The number of aliphatic hydroxyl groups is 1. The number of carbonyl (C=O) groups is 2. The van der Waals surface area contributed by atoms with Gasteiger partial charge in [0.1, 0.15) is 6.61 Å². The fraction of sp³-hybridized carbons (Fsp3) is 0.733. The van der Waals surface area contributed by atoms with E-state index in [0.717, 1.165) is 6.42 Å². The molecule has 1 saturated carbocycles. The number of ether oxygens (including phenoxy) is 1. The molecule has 2 rings (SSSR count). The second-order valence-electron chi connectivity index (χ2n) is 6.34. The number of esters is 1. The number of cyclic esters (lactones) is 1. The topological polar surface area (TPSA) is 83.8 Å². The summed E-state index contributed by atoms with van der Waals surface area (Å²) in [4.78, 5) is 23.6. The van der Waals surface area contributed by atoms with E-state index in [0.29, 0.717) is 16.8 Å². The number of hydrogen-bond donors (Lipinski definition) is 2. The lowest BCUT2D eigenvalue weighted by Crippen LogP contribution is -2.53. The Morgan fingerprint density at radius 3 is 2.76 bits per heavy atom. The van der Waals surface area contributed by atoms with Gasteiger partial charge < -0.3 is 14.9 Å². The molecule has 2 N–H and O–H groups in total. The average Bonchev–Trinajstić information content (AvgIpc) is 2.59. The van der Waals surface area contributed by atoms with Crippen LogP contribution in [0, 0.1) is 23.7 Å². The molecule has 2 aliphatic rings. The minimum absolute atomic E-state index is 0.110. The van der Waals surface area contributed by atoms with Crippen molar-refractivity contribution in [2.45, 2.75) is 32.3 Å². The van der Waals surface area contributed by atoms with E-state index in [1.54, 1.807) is 6.08 Å². The number of allylic oxidation sites excluding steroid dienone is 1. The van der Waals surface area contributed by atoms with Crippen molar-refractivity contribution in [1.82, 2.24) is 0 Å². The molecule has 4 atom stereocenters. The van der Waals surface area contributed by atoms with Crippen molar-refractivity contribution >= 4 is 34.5 Å². The number of fused-ring (bicyclic) bond motifs is 1. The van der Waals surface area contributed by atoms with Gasteiger partial charge in [-0.3, -0.25) is 4.79 Å². The molecular formula is C15H21IO5. The molecule has 0 saturated heterocycles. The van der Waals surface area contributed by atoms with Crippen molar-refractivity contribution in [1.29, 1.82) is 0 Å². The Morgan fingerprint density at radius 1 is 1.57 bits per heavy atom. The normalized spacial score (nSPS) is 36.5. The summed E-state index contributed by atoms with van der Waals surface area (Å²) in [5.74, 6) is -2.00. The van der Waals surface area contributed by atoms with E-state index in [4.69, 9.17) is 4.74 Å². The third-order valence-electron chi connectivity index (χ3n) is 4.75. The van der Waals surface area contributed by atoms with Crippen molar-refractivity contribution in [2.75, 3.05) is 11.0 Å². The highest BCUT2D eigenvalue weighted by Gasteiger charge is 2.53. The van der Waals surface area contributed by atoms with Crippen molar-refractivity contribution in [3.05, 3.63) is 11.6 Å². The number of carboxylic acid groups (broad SMARTS) is 1. The fourth-order valence-electron chi connectivity index (χ4n) is 3.55. The smallest absolute Gasteiger partial charge is 0.334 e. The van der Waals surface area contributed by atoms with E-state index in [1.165, 1.54) is 0 Å². The molecule has 1 aliphatic heterocycles. The van der Waals surface area contributed by atoms with Gasteiger partial charge in [0.15, 0.2) is 0 Å². The Hall–Kier alpha value is -0.630. The zero-order valence-corrected chi connectivity index (χ0v) is 14.4. The third-order valence-corrected chi connectivity index (χ3v) is 6.07. The van der Waals surface area contributed by atoms with E-state index in [2.05, 4.69) is 36.4 Å². The molecular weight excluding hydrogens is 387 g/mol. The van der Waals surface area contributed by atoms with Crippen LogP contribution in [0.5, 0.6) is 0 Å². The molecule has 1 fully saturated rings. The number of carboxylic acids is 1. The second-order valence-corrected chi connectivity index (χ2v) is 7.11. The van der Waals surface area contributed by atoms with Crippen molar-refractivity contribution in [3.8, 4) is 0 Å². The molecule has 1 heterocycles. The van der Waals surface area contributed by atoms with Gasteiger partial charge in [-0.2, -0.15) is 0 Å². The molecule has 0 spiro atoms. The summed E-state index contributed by atoms with van der Waals surface area (Å²) in [6.45, 7) is 3.92. The summed E-state index contributed by atoms with van der Waals surface area (Å²) in [6, 6.07) is 0. The minimum atomic E-state index is -1.11. The van der Waals surface area contributed by atoms with Crippen LogP contribution in [0.4, 0.5) is 0 Å². The molecule has 0 aromatic heterocycles. The molecule has 21 heavy (non-hydrogen) atoms. The van der Waals surface area contributed by atoms with Crippen molar-refractivity contribution < 1.29 is 24.5 Å². The van der Waals surface area contributed by atoms with Gasteiger partial charge in [0.25, 0.3) is 0 Å². The first-order valence-electron chi connectivity index (χ1n) is 7.19. The van der Waals surface area contributed by atoms with E-state index in [-0.39, 0.29) is 24.0 Å². The summed E-state index contributed by atoms with van der Waals surface area (Å²) in [5, 5.41) is 20.0. The molecule has 0 amide bonds. The summed E-state index contributed by atoms with van der Waals surface area (Å²) >= 11 is 2.08. The van der Waals surface area contributed by atoms with Gasteiger partial charge in [-0.1, -0.05) is 42.5 Å².